The predicted molar refractivity (Wildman–Crippen MR) is 73.4 cm³/mol. The highest BCUT2D eigenvalue weighted by atomic mass is 15.0. The van der Waals surface area contributed by atoms with E-state index in [0.29, 0.717) is 6.04 Å². The van der Waals surface area contributed by atoms with Gasteiger partial charge < -0.3 is 10.6 Å². The van der Waals surface area contributed by atoms with Crippen molar-refractivity contribution in [3.63, 3.8) is 0 Å². The first kappa shape index (κ1) is 12.2. The first-order valence-electron chi connectivity index (χ1n) is 6.74. The minimum absolute atomic E-state index is 0.635. The molecule has 94 valence electrons. The fourth-order valence-electron chi connectivity index (χ4n) is 2.60. The number of hydrogen-bond donors (Lipinski definition) is 2. The van der Waals surface area contributed by atoms with E-state index < -0.39 is 0 Å². The number of pyridine rings is 1. The van der Waals surface area contributed by atoms with Crippen LogP contribution in [0.15, 0.2) is 18.3 Å². The van der Waals surface area contributed by atoms with Gasteiger partial charge in [-0.3, -0.25) is 0 Å². The van der Waals surface area contributed by atoms with Crippen molar-refractivity contribution < 1.29 is 0 Å². The fraction of sp³-hybridized carbons (Fsp3) is 0.643. The molecule has 0 aromatic carbocycles. The summed E-state index contributed by atoms with van der Waals surface area (Å²) in [6.45, 7) is 5.35. The van der Waals surface area contributed by atoms with Crippen LogP contribution in [0, 0.1) is 5.92 Å². The van der Waals surface area contributed by atoms with Gasteiger partial charge in [-0.15, -0.1) is 0 Å². The summed E-state index contributed by atoms with van der Waals surface area (Å²) in [7, 11) is 0. The minimum Gasteiger partial charge on any atom is -0.382 e. The summed E-state index contributed by atoms with van der Waals surface area (Å²) < 4.78 is 0. The monoisotopic (exact) mass is 233 g/mol. The van der Waals surface area contributed by atoms with Crippen LogP contribution in [0.1, 0.15) is 39.5 Å². The second-order valence-corrected chi connectivity index (χ2v) is 5.07. The van der Waals surface area contributed by atoms with E-state index >= 15 is 0 Å². The molecule has 0 saturated heterocycles. The van der Waals surface area contributed by atoms with Crippen molar-refractivity contribution in [2.45, 2.75) is 45.6 Å². The van der Waals surface area contributed by atoms with Gasteiger partial charge in [-0.25, -0.2) is 4.98 Å². The maximum absolute atomic E-state index is 4.29. The molecule has 2 atom stereocenters. The fourth-order valence-corrected chi connectivity index (χ4v) is 2.60. The molecule has 2 unspecified atom stereocenters. The minimum atomic E-state index is 0.635. The zero-order chi connectivity index (χ0) is 12.1. The SMILES string of the molecule is CCNc1cc(NC2CCCC(C)C2)ccn1. The highest BCUT2D eigenvalue weighted by Gasteiger charge is 2.18. The van der Waals surface area contributed by atoms with E-state index in [9.17, 15) is 0 Å². The van der Waals surface area contributed by atoms with Crippen molar-refractivity contribution in [3.8, 4) is 0 Å². The van der Waals surface area contributed by atoms with E-state index in [1.165, 1.54) is 31.4 Å². The lowest BCUT2D eigenvalue weighted by Gasteiger charge is -2.28. The molecule has 1 aromatic heterocycles. The lowest BCUT2D eigenvalue weighted by atomic mass is 9.87. The summed E-state index contributed by atoms with van der Waals surface area (Å²) in [4.78, 5) is 4.29. The summed E-state index contributed by atoms with van der Waals surface area (Å²) in [5.74, 6) is 1.82. The van der Waals surface area contributed by atoms with Crippen molar-refractivity contribution in [1.29, 1.82) is 0 Å². The van der Waals surface area contributed by atoms with Crippen molar-refractivity contribution in [3.05, 3.63) is 18.3 Å². The first-order chi connectivity index (χ1) is 8.28. The van der Waals surface area contributed by atoms with Crippen LogP contribution in [-0.4, -0.2) is 17.6 Å². The molecule has 0 radical (unpaired) electrons. The Bertz CT molecular complexity index is 351. The zero-order valence-electron chi connectivity index (χ0n) is 10.9. The van der Waals surface area contributed by atoms with Gasteiger partial charge in [0.1, 0.15) is 5.82 Å². The lowest BCUT2D eigenvalue weighted by molar-refractivity contribution is 0.358. The summed E-state index contributed by atoms with van der Waals surface area (Å²) in [5, 5.41) is 6.87. The molecule has 0 bridgehead atoms. The third-order valence-electron chi connectivity index (χ3n) is 3.43. The second-order valence-electron chi connectivity index (χ2n) is 5.07. The standard InChI is InChI=1S/C14H23N3/c1-3-15-14-10-13(7-8-16-14)17-12-6-4-5-11(2)9-12/h7-8,10-12H,3-6,9H2,1-2H3,(H2,15,16,17). The smallest absolute Gasteiger partial charge is 0.127 e. The molecule has 1 aliphatic carbocycles. The van der Waals surface area contributed by atoms with Gasteiger partial charge in [-0.2, -0.15) is 0 Å². The van der Waals surface area contributed by atoms with E-state index in [-0.39, 0.29) is 0 Å². The summed E-state index contributed by atoms with van der Waals surface area (Å²) >= 11 is 0. The Kier molecular flexibility index (Phi) is 4.24. The number of rotatable bonds is 4. The molecular weight excluding hydrogens is 210 g/mol. The Labute approximate surface area is 104 Å². The second kappa shape index (κ2) is 5.89. The topological polar surface area (TPSA) is 37.0 Å². The van der Waals surface area contributed by atoms with Gasteiger partial charge >= 0.3 is 0 Å². The average Bonchev–Trinajstić information content (AvgIpc) is 2.30. The summed E-state index contributed by atoms with van der Waals surface area (Å²) in [6, 6.07) is 4.79. The van der Waals surface area contributed by atoms with Crippen LogP contribution in [-0.2, 0) is 0 Å². The van der Waals surface area contributed by atoms with Crippen molar-refractivity contribution in [1.82, 2.24) is 4.98 Å². The number of aromatic nitrogens is 1. The Morgan fingerprint density at radius 2 is 2.29 bits per heavy atom. The van der Waals surface area contributed by atoms with Gasteiger partial charge in [0.15, 0.2) is 0 Å². The highest BCUT2D eigenvalue weighted by molar-refractivity contribution is 5.52. The van der Waals surface area contributed by atoms with E-state index in [1.807, 2.05) is 6.20 Å². The van der Waals surface area contributed by atoms with Gasteiger partial charge in [0.2, 0.25) is 0 Å². The highest BCUT2D eigenvalue weighted by Crippen LogP contribution is 2.26. The molecule has 0 amide bonds. The molecule has 1 heterocycles. The Morgan fingerprint density at radius 3 is 3.06 bits per heavy atom. The molecule has 0 spiro atoms. The quantitative estimate of drug-likeness (QED) is 0.835. The van der Waals surface area contributed by atoms with Crippen LogP contribution in [0.25, 0.3) is 0 Å². The normalized spacial score (nSPS) is 24.4. The van der Waals surface area contributed by atoms with E-state index in [2.05, 4.69) is 41.6 Å². The van der Waals surface area contributed by atoms with Crippen LogP contribution in [0.5, 0.6) is 0 Å². The molecule has 1 aliphatic rings. The van der Waals surface area contributed by atoms with Gasteiger partial charge in [0.05, 0.1) is 0 Å². The zero-order valence-corrected chi connectivity index (χ0v) is 10.9. The Morgan fingerprint density at radius 1 is 1.41 bits per heavy atom. The number of hydrogen-bond acceptors (Lipinski definition) is 3. The molecule has 2 rings (SSSR count). The Hall–Kier alpha value is -1.25. The molecule has 1 aromatic rings. The number of nitrogens with zero attached hydrogens (tertiary/aromatic N) is 1. The average molecular weight is 233 g/mol. The molecule has 1 fully saturated rings. The predicted octanol–water partition coefficient (Wildman–Crippen LogP) is 3.50. The molecule has 17 heavy (non-hydrogen) atoms. The summed E-state index contributed by atoms with van der Waals surface area (Å²) in [6.07, 6.45) is 7.19. The summed E-state index contributed by atoms with van der Waals surface area (Å²) in [5.41, 5.74) is 1.19. The van der Waals surface area contributed by atoms with Crippen LogP contribution in [0.2, 0.25) is 0 Å². The largest absolute Gasteiger partial charge is 0.382 e. The molecule has 3 nitrogen and oxygen atoms in total. The maximum atomic E-state index is 4.29. The van der Waals surface area contributed by atoms with Crippen LogP contribution >= 0.6 is 0 Å². The molecule has 3 heteroatoms. The number of nitrogens with one attached hydrogen (secondary N) is 2. The van der Waals surface area contributed by atoms with Gasteiger partial charge in [-0.05, 0) is 31.7 Å². The molecule has 1 saturated carbocycles. The Balaban J connectivity index is 1.95. The van der Waals surface area contributed by atoms with Crippen molar-refractivity contribution in [2.75, 3.05) is 17.2 Å². The molecule has 2 N–H and O–H groups in total. The van der Waals surface area contributed by atoms with Gasteiger partial charge in [-0.1, -0.05) is 19.8 Å². The molecule has 0 aliphatic heterocycles. The van der Waals surface area contributed by atoms with Crippen LogP contribution in [0.3, 0.4) is 0 Å². The van der Waals surface area contributed by atoms with Crippen LogP contribution in [0.4, 0.5) is 11.5 Å². The van der Waals surface area contributed by atoms with E-state index in [0.717, 1.165) is 18.3 Å². The van der Waals surface area contributed by atoms with E-state index in [4.69, 9.17) is 0 Å². The van der Waals surface area contributed by atoms with Crippen molar-refractivity contribution >= 4 is 11.5 Å². The lowest BCUT2D eigenvalue weighted by Crippen LogP contribution is -2.26. The van der Waals surface area contributed by atoms with Crippen molar-refractivity contribution in [2.24, 2.45) is 5.92 Å². The third kappa shape index (κ3) is 3.62. The first-order valence-corrected chi connectivity index (χ1v) is 6.74. The number of anilines is 2. The van der Waals surface area contributed by atoms with Gasteiger partial charge in [0.25, 0.3) is 0 Å². The molecular formula is C14H23N3. The van der Waals surface area contributed by atoms with Gasteiger partial charge in [0, 0.05) is 30.5 Å². The van der Waals surface area contributed by atoms with E-state index in [1.54, 1.807) is 0 Å². The third-order valence-corrected chi connectivity index (χ3v) is 3.43. The maximum Gasteiger partial charge on any atom is 0.127 e. The van der Waals surface area contributed by atoms with Crippen LogP contribution < -0.4 is 10.6 Å².